The van der Waals surface area contributed by atoms with Crippen LogP contribution in [0.15, 0.2) is 30.3 Å². The zero-order valence-corrected chi connectivity index (χ0v) is 21.5. The van der Waals surface area contributed by atoms with Crippen LogP contribution in [-0.2, 0) is 22.2 Å². The Morgan fingerprint density at radius 2 is 1.79 bits per heavy atom. The van der Waals surface area contributed by atoms with Gasteiger partial charge in [0.2, 0.25) is 11.8 Å². The lowest BCUT2D eigenvalue weighted by molar-refractivity contribution is -0.140. The molecule has 0 aliphatic carbocycles. The van der Waals surface area contributed by atoms with Gasteiger partial charge in [0, 0.05) is 25.2 Å². The number of aliphatic hydroxyl groups is 1. The summed E-state index contributed by atoms with van der Waals surface area (Å²) in [5, 5.41) is 23.3. The number of carbonyl (C=O) groups excluding carboxylic acids is 2. The summed E-state index contributed by atoms with van der Waals surface area (Å²) in [6, 6.07) is 7.09. The number of rotatable bonds is 8. The standard InChI is InChI=1S/C27H29F5N4O3/c1-26(2,25(39)34-21-9-7-17(15-33)23(24(21)29)27(30,31)32)35-18-8-6-16(20(28)14-18)4-3-5-22(38)36-12-10-19(37)11-13-36/h6-9,14,19,35,37H,3-5,10-13H2,1-2H3,(H,34,39). The fourth-order valence-corrected chi connectivity index (χ4v) is 4.27. The molecule has 210 valence electrons. The van der Waals surface area contributed by atoms with E-state index in [1.807, 2.05) is 0 Å². The highest BCUT2D eigenvalue weighted by molar-refractivity contribution is 5.99. The van der Waals surface area contributed by atoms with Crippen LogP contribution in [0.3, 0.4) is 0 Å². The molecule has 1 heterocycles. The van der Waals surface area contributed by atoms with E-state index in [0.717, 1.165) is 18.2 Å². The van der Waals surface area contributed by atoms with Crippen molar-refractivity contribution in [2.45, 2.75) is 63.8 Å². The minimum atomic E-state index is -5.15. The molecule has 1 fully saturated rings. The minimum absolute atomic E-state index is 0.0468. The summed E-state index contributed by atoms with van der Waals surface area (Å²) in [6.07, 6.45) is -3.48. The summed E-state index contributed by atoms with van der Waals surface area (Å²) < 4.78 is 69.0. The molecule has 0 unspecified atom stereocenters. The van der Waals surface area contributed by atoms with Crippen LogP contribution in [-0.4, -0.2) is 46.6 Å². The number of piperidine rings is 1. The van der Waals surface area contributed by atoms with Crippen molar-refractivity contribution in [2.24, 2.45) is 0 Å². The second-order valence-corrected chi connectivity index (χ2v) is 9.94. The highest BCUT2D eigenvalue weighted by Gasteiger charge is 2.39. The van der Waals surface area contributed by atoms with Crippen LogP contribution in [0.2, 0.25) is 0 Å². The molecule has 1 aliphatic rings. The number of amides is 2. The minimum Gasteiger partial charge on any atom is -0.393 e. The quantitative estimate of drug-likeness (QED) is 0.400. The van der Waals surface area contributed by atoms with Crippen LogP contribution in [0.25, 0.3) is 0 Å². The Kier molecular flexibility index (Phi) is 9.17. The molecule has 0 aromatic heterocycles. The number of halogens is 5. The van der Waals surface area contributed by atoms with Gasteiger partial charge in [-0.3, -0.25) is 9.59 Å². The number of nitrogens with one attached hydrogen (secondary N) is 2. The fraction of sp³-hybridized carbons (Fsp3) is 0.444. The van der Waals surface area contributed by atoms with E-state index in [1.165, 1.54) is 32.0 Å². The maximum atomic E-state index is 14.7. The number of anilines is 2. The van der Waals surface area contributed by atoms with Gasteiger partial charge in [0.05, 0.1) is 23.4 Å². The molecule has 2 aromatic rings. The predicted molar refractivity (Wildman–Crippen MR) is 134 cm³/mol. The van der Waals surface area contributed by atoms with Gasteiger partial charge in [-0.2, -0.15) is 18.4 Å². The molecule has 7 nitrogen and oxygen atoms in total. The van der Waals surface area contributed by atoms with Crippen molar-refractivity contribution in [2.75, 3.05) is 23.7 Å². The number of hydrogen-bond acceptors (Lipinski definition) is 5. The number of carbonyl (C=O) groups is 2. The van der Waals surface area contributed by atoms with E-state index < -0.39 is 46.1 Å². The van der Waals surface area contributed by atoms with Crippen LogP contribution in [0.5, 0.6) is 0 Å². The van der Waals surface area contributed by atoms with Gasteiger partial charge in [-0.05, 0) is 69.4 Å². The Labute approximate surface area is 222 Å². The number of aryl methyl sites for hydroxylation is 1. The number of likely N-dealkylation sites (tertiary alicyclic amines) is 1. The molecule has 1 saturated heterocycles. The molecule has 0 radical (unpaired) electrons. The molecule has 0 atom stereocenters. The third-order valence-electron chi connectivity index (χ3n) is 6.53. The Bertz CT molecular complexity index is 1270. The summed E-state index contributed by atoms with van der Waals surface area (Å²) in [4.78, 5) is 26.8. The number of alkyl halides is 3. The molecule has 2 amide bonds. The van der Waals surface area contributed by atoms with E-state index in [4.69, 9.17) is 5.26 Å². The van der Waals surface area contributed by atoms with Gasteiger partial charge in [-0.1, -0.05) is 6.07 Å². The highest BCUT2D eigenvalue weighted by Crippen LogP contribution is 2.37. The van der Waals surface area contributed by atoms with E-state index >= 15 is 0 Å². The molecular formula is C27H29F5N4O3. The molecular weight excluding hydrogens is 523 g/mol. The first-order valence-corrected chi connectivity index (χ1v) is 12.4. The van der Waals surface area contributed by atoms with Gasteiger partial charge in [-0.25, -0.2) is 8.78 Å². The second kappa shape index (κ2) is 12.0. The molecule has 0 bridgehead atoms. The first-order chi connectivity index (χ1) is 18.2. The summed E-state index contributed by atoms with van der Waals surface area (Å²) in [5.41, 5.74) is -4.37. The van der Waals surface area contributed by atoms with E-state index in [0.29, 0.717) is 44.3 Å². The molecule has 12 heteroatoms. The summed E-state index contributed by atoms with van der Waals surface area (Å²) in [6.45, 7) is 3.76. The predicted octanol–water partition coefficient (Wildman–Crippen LogP) is 4.99. The lowest BCUT2D eigenvalue weighted by Crippen LogP contribution is -2.44. The van der Waals surface area contributed by atoms with Gasteiger partial charge in [0.1, 0.15) is 16.9 Å². The maximum Gasteiger partial charge on any atom is 0.420 e. The largest absolute Gasteiger partial charge is 0.420 e. The smallest absolute Gasteiger partial charge is 0.393 e. The van der Waals surface area contributed by atoms with Crippen molar-refractivity contribution >= 4 is 23.2 Å². The van der Waals surface area contributed by atoms with Crippen LogP contribution >= 0.6 is 0 Å². The van der Waals surface area contributed by atoms with E-state index in [9.17, 15) is 36.6 Å². The fourth-order valence-electron chi connectivity index (χ4n) is 4.27. The zero-order chi connectivity index (χ0) is 29.0. The van der Waals surface area contributed by atoms with Crippen LogP contribution in [0, 0.1) is 23.0 Å². The monoisotopic (exact) mass is 552 g/mol. The third kappa shape index (κ3) is 7.44. The van der Waals surface area contributed by atoms with Crippen molar-refractivity contribution in [3.63, 3.8) is 0 Å². The van der Waals surface area contributed by atoms with Gasteiger partial charge in [0.25, 0.3) is 0 Å². The SMILES string of the molecule is CC(C)(Nc1ccc(CCCC(=O)N2CCC(O)CC2)c(F)c1)C(=O)Nc1ccc(C#N)c(C(F)(F)F)c1F. The maximum absolute atomic E-state index is 14.7. The van der Waals surface area contributed by atoms with Gasteiger partial charge in [-0.15, -0.1) is 0 Å². The molecule has 3 rings (SSSR count). The molecule has 3 N–H and O–H groups in total. The van der Waals surface area contributed by atoms with Crippen molar-refractivity contribution in [3.8, 4) is 6.07 Å². The second-order valence-electron chi connectivity index (χ2n) is 9.94. The topological polar surface area (TPSA) is 105 Å². The van der Waals surface area contributed by atoms with Crippen molar-refractivity contribution in [1.29, 1.82) is 5.26 Å². The van der Waals surface area contributed by atoms with Crippen LogP contribution in [0.1, 0.15) is 56.2 Å². The number of benzene rings is 2. The number of aliphatic hydroxyl groups excluding tert-OH is 1. The summed E-state index contributed by atoms with van der Waals surface area (Å²) >= 11 is 0. The van der Waals surface area contributed by atoms with Crippen LogP contribution in [0.4, 0.5) is 33.3 Å². The average Bonchev–Trinajstić information content (AvgIpc) is 2.85. The molecule has 0 spiro atoms. The summed E-state index contributed by atoms with van der Waals surface area (Å²) in [7, 11) is 0. The Balaban J connectivity index is 1.61. The van der Waals surface area contributed by atoms with Gasteiger partial charge >= 0.3 is 6.18 Å². The van der Waals surface area contributed by atoms with Gasteiger partial charge in [0.15, 0.2) is 5.82 Å². The summed E-state index contributed by atoms with van der Waals surface area (Å²) in [5.74, 6) is -3.29. The molecule has 2 aromatic carbocycles. The Hall–Kier alpha value is -3.72. The molecule has 1 aliphatic heterocycles. The Morgan fingerprint density at radius 1 is 1.13 bits per heavy atom. The van der Waals surface area contributed by atoms with Crippen molar-refractivity contribution < 1.29 is 36.6 Å². The van der Waals surface area contributed by atoms with Crippen molar-refractivity contribution in [3.05, 3.63) is 58.7 Å². The first-order valence-electron chi connectivity index (χ1n) is 12.4. The third-order valence-corrected chi connectivity index (χ3v) is 6.53. The number of hydrogen-bond donors (Lipinski definition) is 3. The first kappa shape index (κ1) is 29.8. The lowest BCUT2D eigenvalue weighted by atomic mass is 10.0. The molecule has 39 heavy (non-hydrogen) atoms. The Morgan fingerprint density at radius 3 is 2.38 bits per heavy atom. The zero-order valence-electron chi connectivity index (χ0n) is 21.5. The van der Waals surface area contributed by atoms with Crippen LogP contribution < -0.4 is 10.6 Å². The van der Waals surface area contributed by atoms with E-state index in [1.54, 1.807) is 4.90 Å². The van der Waals surface area contributed by atoms with E-state index in [2.05, 4.69) is 10.6 Å². The number of nitrogens with zero attached hydrogens (tertiary/aromatic N) is 2. The van der Waals surface area contributed by atoms with Crippen molar-refractivity contribution in [1.82, 2.24) is 4.90 Å². The normalized spacial score (nSPS) is 14.6. The lowest BCUT2D eigenvalue weighted by Gasteiger charge is -2.29. The van der Waals surface area contributed by atoms with Gasteiger partial charge < -0.3 is 20.6 Å². The average molecular weight is 553 g/mol. The molecule has 0 saturated carbocycles. The number of nitriles is 1. The van der Waals surface area contributed by atoms with E-state index in [-0.39, 0.29) is 24.1 Å². The highest BCUT2D eigenvalue weighted by atomic mass is 19.4.